The van der Waals surface area contributed by atoms with E-state index in [0.29, 0.717) is 6.04 Å². The Balaban J connectivity index is 0.00000110. The summed E-state index contributed by atoms with van der Waals surface area (Å²) in [5.41, 5.74) is 5.97. The van der Waals surface area contributed by atoms with Crippen molar-refractivity contribution in [2.45, 2.75) is 69.5 Å². The highest BCUT2D eigenvalue weighted by molar-refractivity contribution is 5.85. The highest BCUT2D eigenvalue weighted by Crippen LogP contribution is 2.29. The summed E-state index contributed by atoms with van der Waals surface area (Å²) in [6.45, 7) is 2.33. The van der Waals surface area contributed by atoms with Gasteiger partial charge in [-0.2, -0.15) is 0 Å². The Morgan fingerprint density at radius 2 is 1.67 bits per heavy atom. The molecule has 2 aliphatic carbocycles. The largest absolute Gasteiger partial charge is 0.353 e. The molecule has 0 aromatic carbocycles. The van der Waals surface area contributed by atoms with Gasteiger partial charge in [-0.05, 0) is 44.9 Å². The van der Waals surface area contributed by atoms with Gasteiger partial charge in [0.15, 0.2) is 0 Å². The molecule has 21 heavy (non-hydrogen) atoms. The van der Waals surface area contributed by atoms with E-state index in [0.717, 1.165) is 44.6 Å². The molecule has 3 fully saturated rings. The van der Waals surface area contributed by atoms with Gasteiger partial charge >= 0.3 is 0 Å². The fourth-order valence-corrected chi connectivity index (χ4v) is 3.63. The average molecular weight is 338 g/mol. The van der Waals surface area contributed by atoms with E-state index in [-0.39, 0.29) is 42.7 Å². The number of carbonyl (C=O) groups excluding carboxylic acids is 1. The summed E-state index contributed by atoms with van der Waals surface area (Å²) < 4.78 is 0. The maximum Gasteiger partial charge on any atom is 0.223 e. The molecule has 3 N–H and O–H groups in total. The third-order valence-electron chi connectivity index (χ3n) is 5.02. The van der Waals surface area contributed by atoms with Crippen molar-refractivity contribution in [3.05, 3.63) is 0 Å². The summed E-state index contributed by atoms with van der Waals surface area (Å²) in [6, 6.07) is 1.51. The van der Waals surface area contributed by atoms with Gasteiger partial charge in [0, 0.05) is 37.1 Å². The molecule has 0 spiro atoms. The van der Waals surface area contributed by atoms with E-state index in [1.54, 1.807) is 0 Å². The first-order valence-corrected chi connectivity index (χ1v) is 8.02. The van der Waals surface area contributed by atoms with Crippen LogP contribution in [0.1, 0.15) is 51.4 Å². The monoisotopic (exact) mass is 337 g/mol. The first-order valence-electron chi connectivity index (χ1n) is 8.02. The van der Waals surface area contributed by atoms with Crippen LogP contribution < -0.4 is 11.1 Å². The Labute approximate surface area is 140 Å². The van der Waals surface area contributed by atoms with Gasteiger partial charge in [-0.1, -0.05) is 6.42 Å². The van der Waals surface area contributed by atoms with Crippen LogP contribution in [0, 0.1) is 5.92 Å². The van der Waals surface area contributed by atoms with E-state index in [1.165, 1.54) is 25.9 Å². The Hall–Kier alpha value is -0.0300. The fraction of sp³-hybridized carbons (Fsp3) is 0.933. The number of carbonyl (C=O) groups is 1. The topological polar surface area (TPSA) is 58.4 Å². The lowest BCUT2D eigenvalue weighted by Crippen LogP contribution is -2.48. The fourth-order valence-electron chi connectivity index (χ4n) is 3.63. The molecule has 3 aliphatic rings. The molecule has 1 heterocycles. The number of hydrogen-bond acceptors (Lipinski definition) is 3. The zero-order valence-corrected chi connectivity index (χ0v) is 14.3. The van der Waals surface area contributed by atoms with Gasteiger partial charge in [0.05, 0.1) is 0 Å². The standard InChI is InChI=1S/C15H27N3O.2ClH/c16-12-3-1-2-11(10-12)15(19)17-13-6-8-18(9-7-13)14-4-5-14;;/h11-14H,1-10,16H2,(H,17,19);2*1H. The maximum absolute atomic E-state index is 12.3. The van der Waals surface area contributed by atoms with E-state index in [1.807, 2.05) is 0 Å². The Kier molecular flexibility index (Phi) is 7.75. The van der Waals surface area contributed by atoms with Crippen LogP contribution in [0.15, 0.2) is 0 Å². The quantitative estimate of drug-likeness (QED) is 0.828. The number of amides is 1. The lowest BCUT2D eigenvalue weighted by Gasteiger charge is -2.34. The number of piperidine rings is 1. The van der Waals surface area contributed by atoms with Gasteiger partial charge in [-0.3, -0.25) is 4.79 Å². The summed E-state index contributed by atoms with van der Waals surface area (Å²) in [5.74, 6) is 0.435. The van der Waals surface area contributed by atoms with Crippen molar-refractivity contribution in [2.75, 3.05) is 13.1 Å². The average Bonchev–Trinajstić information content (AvgIpc) is 3.24. The summed E-state index contributed by atoms with van der Waals surface area (Å²) in [5, 5.41) is 3.27. The lowest BCUT2D eigenvalue weighted by atomic mass is 9.85. The van der Waals surface area contributed by atoms with Crippen LogP contribution in [0.4, 0.5) is 0 Å². The zero-order valence-electron chi connectivity index (χ0n) is 12.6. The second-order valence-electron chi connectivity index (χ2n) is 6.67. The van der Waals surface area contributed by atoms with Gasteiger partial charge in [0.1, 0.15) is 0 Å². The molecule has 0 aromatic rings. The summed E-state index contributed by atoms with van der Waals surface area (Å²) in [4.78, 5) is 14.9. The van der Waals surface area contributed by atoms with Crippen molar-refractivity contribution in [1.82, 2.24) is 10.2 Å². The van der Waals surface area contributed by atoms with Gasteiger partial charge in [-0.25, -0.2) is 0 Å². The number of hydrogen-bond donors (Lipinski definition) is 2. The number of nitrogens with zero attached hydrogens (tertiary/aromatic N) is 1. The van der Waals surface area contributed by atoms with Crippen molar-refractivity contribution >= 4 is 30.7 Å². The van der Waals surface area contributed by atoms with Crippen molar-refractivity contribution in [1.29, 1.82) is 0 Å². The summed E-state index contributed by atoms with van der Waals surface area (Å²) in [6.07, 6.45) is 9.13. The second-order valence-corrected chi connectivity index (χ2v) is 6.67. The van der Waals surface area contributed by atoms with Crippen LogP contribution in [0.25, 0.3) is 0 Å². The minimum Gasteiger partial charge on any atom is -0.353 e. The number of halogens is 2. The van der Waals surface area contributed by atoms with Crippen LogP contribution in [-0.2, 0) is 4.79 Å². The molecule has 0 aromatic heterocycles. The van der Waals surface area contributed by atoms with Gasteiger partial charge in [0.2, 0.25) is 5.91 Å². The number of likely N-dealkylation sites (tertiary alicyclic amines) is 1. The lowest BCUT2D eigenvalue weighted by molar-refractivity contribution is -0.127. The van der Waals surface area contributed by atoms with Crippen molar-refractivity contribution in [3.63, 3.8) is 0 Å². The number of nitrogens with one attached hydrogen (secondary N) is 1. The molecule has 2 saturated carbocycles. The van der Waals surface area contributed by atoms with Gasteiger partial charge in [0.25, 0.3) is 0 Å². The van der Waals surface area contributed by atoms with E-state index in [4.69, 9.17) is 5.73 Å². The van der Waals surface area contributed by atoms with Crippen LogP contribution in [-0.4, -0.2) is 42.0 Å². The molecular weight excluding hydrogens is 309 g/mol. The molecular formula is C15H29Cl2N3O. The van der Waals surface area contributed by atoms with E-state index in [9.17, 15) is 4.79 Å². The molecule has 1 amide bonds. The maximum atomic E-state index is 12.3. The third kappa shape index (κ3) is 5.27. The predicted octanol–water partition coefficient (Wildman–Crippen LogP) is 2.09. The second kappa shape index (κ2) is 8.56. The Morgan fingerprint density at radius 3 is 2.24 bits per heavy atom. The zero-order chi connectivity index (χ0) is 13.2. The van der Waals surface area contributed by atoms with Crippen molar-refractivity contribution in [3.8, 4) is 0 Å². The number of nitrogens with two attached hydrogens (primary N) is 1. The molecule has 0 radical (unpaired) electrons. The van der Waals surface area contributed by atoms with Crippen LogP contribution in [0.5, 0.6) is 0 Å². The molecule has 4 nitrogen and oxygen atoms in total. The van der Waals surface area contributed by atoms with Gasteiger partial charge in [-0.15, -0.1) is 24.8 Å². The molecule has 124 valence electrons. The Morgan fingerprint density at radius 1 is 1.00 bits per heavy atom. The van der Waals surface area contributed by atoms with Crippen LogP contribution in [0.2, 0.25) is 0 Å². The molecule has 2 atom stereocenters. The summed E-state index contributed by atoms with van der Waals surface area (Å²) >= 11 is 0. The van der Waals surface area contributed by atoms with E-state index in [2.05, 4.69) is 10.2 Å². The normalized spacial score (nSPS) is 30.9. The molecule has 6 heteroatoms. The summed E-state index contributed by atoms with van der Waals surface area (Å²) in [7, 11) is 0. The van der Waals surface area contributed by atoms with Gasteiger partial charge < -0.3 is 16.0 Å². The van der Waals surface area contributed by atoms with E-state index >= 15 is 0 Å². The molecule has 3 rings (SSSR count). The molecule has 1 aliphatic heterocycles. The Bertz CT molecular complexity index is 331. The first-order chi connectivity index (χ1) is 9.22. The van der Waals surface area contributed by atoms with E-state index < -0.39 is 0 Å². The SMILES string of the molecule is Cl.Cl.NC1CCCC(C(=O)NC2CCN(C3CC3)CC2)C1. The highest BCUT2D eigenvalue weighted by atomic mass is 35.5. The molecule has 1 saturated heterocycles. The van der Waals surface area contributed by atoms with Crippen LogP contribution in [0.3, 0.4) is 0 Å². The first kappa shape index (κ1) is 19.0. The minimum atomic E-state index is 0. The minimum absolute atomic E-state index is 0. The van der Waals surface area contributed by atoms with Crippen molar-refractivity contribution < 1.29 is 4.79 Å². The van der Waals surface area contributed by atoms with Crippen molar-refractivity contribution in [2.24, 2.45) is 11.7 Å². The number of rotatable bonds is 3. The highest BCUT2D eigenvalue weighted by Gasteiger charge is 2.33. The smallest absolute Gasteiger partial charge is 0.223 e. The third-order valence-corrected chi connectivity index (χ3v) is 5.02. The van der Waals surface area contributed by atoms with Crippen LogP contribution >= 0.6 is 24.8 Å². The predicted molar refractivity (Wildman–Crippen MR) is 90.2 cm³/mol. The molecule has 0 bridgehead atoms. The molecule has 2 unspecified atom stereocenters.